The van der Waals surface area contributed by atoms with Gasteiger partial charge < -0.3 is 4.74 Å². The molecular weight excluding hydrogens is 302 g/mol. The van der Waals surface area contributed by atoms with Gasteiger partial charge in [-0.15, -0.1) is 0 Å². The Morgan fingerprint density at radius 3 is 2.68 bits per heavy atom. The van der Waals surface area contributed by atoms with Gasteiger partial charge in [0.1, 0.15) is 6.54 Å². The minimum atomic E-state index is -0.445. The van der Waals surface area contributed by atoms with Crippen LogP contribution >= 0.6 is 11.6 Å². The lowest BCUT2D eigenvalue weighted by atomic mass is 10.2. The molecule has 0 saturated heterocycles. The highest BCUT2D eigenvalue weighted by Crippen LogP contribution is 2.22. The number of halogens is 1. The quantitative estimate of drug-likeness (QED) is 0.794. The molecule has 1 aromatic carbocycles. The van der Waals surface area contributed by atoms with Crippen LogP contribution in [-0.4, -0.2) is 24.0 Å². The maximum Gasteiger partial charge on any atom is 0.279 e. The maximum atomic E-state index is 12.7. The summed E-state index contributed by atoms with van der Waals surface area (Å²) >= 11 is 6.07. The van der Waals surface area contributed by atoms with Crippen LogP contribution in [0.2, 0.25) is 5.02 Å². The third kappa shape index (κ3) is 3.54. The number of anilines is 1. The SMILES string of the molecule is CCOc1ccc(Cl)c(C(=O)N(CC#N)c2ccccc2)n1. The molecule has 5 nitrogen and oxygen atoms in total. The Morgan fingerprint density at radius 1 is 1.32 bits per heavy atom. The molecule has 0 N–H and O–H groups in total. The number of amides is 1. The minimum Gasteiger partial charge on any atom is -0.478 e. The van der Waals surface area contributed by atoms with E-state index < -0.39 is 5.91 Å². The lowest BCUT2D eigenvalue weighted by molar-refractivity contribution is 0.0984. The predicted molar refractivity (Wildman–Crippen MR) is 84.1 cm³/mol. The standard InChI is InChI=1S/C16H14ClN3O2/c1-2-22-14-9-8-13(17)15(19-14)16(21)20(11-10-18)12-6-4-3-5-7-12/h3-9H,2,11H2,1H3. The molecule has 0 bridgehead atoms. The normalized spacial score (nSPS) is 9.86. The molecule has 1 amide bonds. The van der Waals surface area contributed by atoms with Crippen molar-refractivity contribution in [3.63, 3.8) is 0 Å². The zero-order valence-corrected chi connectivity index (χ0v) is 12.7. The number of carbonyl (C=O) groups is 1. The first-order valence-corrected chi connectivity index (χ1v) is 7.08. The Morgan fingerprint density at radius 2 is 2.05 bits per heavy atom. The number of nitriles is 1. The van der Waals surface area contributed by atoms with Crippen LogP contribution in [0.4, 0.5) is 5.69 Å². The van der Waals surface area contributed by atoms with Gasteiger partial charge in [-0.3, -0.25) is 9.69 Å². The fourth-order valence-electron chi connectivity index (χ4n) is 1.89. The van der Waals surface area contributed by atoms with Crippen molar-refractivity contribution in [2.45, 2.75) is 6.92 Å². The van der Waals surface area contributed by atoms with Gasteiger partial charge in [0.15, 0.2) is 5.69 Å². The van der Waals surface area contributed by atoms with Gasteiger partial charge in [-0.25, -0.2) is 4.98 Å². The van der Waals surface area contributed by atoms with Crippen molar-refractivity contribution in [3.05, 3.63) is 53.2 Å². The molecule has 2 rings (SSSR count). The molecule has 0 unspecified atom stereocenters. The molecule has 1 aromatic heterocycles. The second kappa shape index (κ2) is 7.43. The zero-order valence-electron chi connectivity index (χ0n) is 12.0. The van der Waals surface area contributed by atoms with E-state index in [-0.39, 0.29) is 17.3 Å². The van der Waals surface area contributed by atoms with E-state index in [9.17, 15) is 4.79 Å². The highest BCUT2D eigenvalue weighted by atomic mass is 35.5. The van der Waals surface area contributed by atoms with E-state index in [2.05, 4.69) is 4.98 Å². The summed E-state index contributed by atoms with van der Waals surface area (Å²) in [5, 5.41) is 9.20. The summed E-state index contributed by atoms with van der Waals surface area (Å²) in [5.41, 5.74) is 0.667. The molecule has 1 heterocycles. The van der Waals surface area contributed by atoms with E-state index in [1.54, 1.807) is 36.4 Å². The van der Waals surface area contributed by atoms with E-state index in [0.717, 1.165) is 0 Å². The first kappa shape index (κ1) is 15.8. The number of nitrogens with zero attached hydrogens (tertiary/aromatic N) is 3. The molecule has 0 aliphatic heterocycles. The summed E-state index contributed by atoms with van der Waals surface area (Å²) in [6.45, 7) is 2.16. The Bertz CT molecular complexity index is 698. The average Bonchev–Trinajstić information content (AvgIpc) is 2.55. The molecule has 0 saturated carbocycles. The molecule has 0 atom stereocenters. The van der Waals surface area contributed by atoms with Crippen molar-refractivity contribution in [3.8, 4) is 11.9 Å². The number of ether oxygens (including phenoxy) is 1. The van der Waals surface area contributed by atoms with Crippen LogP contribution in [0.5, 0.6) is 5.88 Å². The van der Waals surface area contributed by atoms with Gasteiger partial charge in [0.05, 0.1) is 17.7 Å². The smallest absolute Gasteiger partial charge is 0.279 e. The van der Waals surface area contributed by atoms with Gasteiger partial charge >= 0.3 is 0 Å². The summed E-state index contributed by atoms with van der Waals surface area (Å²) in [5.74, 6) is -0.125. The third-order valence-corrected chi connectivity index (χ3v) is 3.16. The van der Waals surface area contributed by atoms with Crippen molar-refractivity contribution < 1.29 is 9.53 Å². The topological polar surface area (TPSA) is 66.2 Å². The molecule has 22 heavy (non-hydrogen) atoms. The number of benzene rings is 1. The lowest BCUT2D eigenvalue weighted by Crippen LogP contribution is -2.32. The fourth-order valence-corrected chi connectivity index (χ4v) is 2.08. The number of aromatic nitrogens is 1. The number of rotatable bonds is 5. The summed E-state index contributed by atoms with van der Waals surface area (Å²) in [6.07, 6.45) is 0. The highest BCUT2D eigenvalue weighted by Gasteiger charge is 2.22. The number of hydrogen-bond acceptors (Lipinski definition) is 4. The fraction of sp³-hybridized carbons (Fsp3) is 0.188. The molecule has 0 spiro atoms. The van der Waals surface area contributed by atoms with Crippen LogP contribution in [0, 0.1) is 11.3 Å². The molecule has 0 aliphatic rings. The monoisotopic (exact) mass is 315 g/mol. The summed E-state index contributed by atoms with van der Waals surface area (Å²) in [6, 6.07) is 14.0. The number of hydrogen-bond donors (Lipinski definition) is 0. The summed E-state index contributed by atoms with van der Waals surface area (Å²) in [4.78, 5) is 18.1. The maximum absolute atomic E-state index is 12.7. The van der Waals surface area contributed by atoms with Crippen LogP contribution < -0.4 is 9.64 Å². The van der Waals surface area contributed by atoms with Gasteiger partial charge in [0.25, 0.3) is 5.91 Å². The van der Waals surface area contributed by atoms with Crippen LogP contribution in [0.25, 0.3) is 0 Å². The number of para-hydroxylation sites is 1. The third-order valence-electron chi connectivity index (χ3n) is 2.86. The largest absolute Gasteiger partial charge is 0.478 e. The van der Waals surface area contributed by atoms with Crippen molar-refractivity contribution >= 4 is 23.2 Å². The van der Waals surface area contributed by atoms with Crippen molar-refractivity contribution in [2.24, 2.45) is 0 Å². The van der Waals surface area contributed by atoms with E-state index in [1.165, 1.54) is 4.90 Å². The second-order valence-corrected chi connectivity index (χ2v) is 4.71. The van der Waals surface area contributed by atoms with E-state index in [4.69, 9.17) is 21.6 Å². The molecule has 6 heteroatoms. The molecule has 0 fully saturated rings. The molecular formula is C16H14ClN3O2. The number of pyridine rings is 1. The minimum absolute atomic E-state index is 0.0618. The Hall–Kier alpha value is -2.58. The Kier molecular flexibility index (Phi) is 5.34. The van der Waals surface area contributed by atoms with E-state index >= 15 is 0 Å². The first-order chi connectivity index (χ1) is 10.7. The second-order valence-electron chi connectivity index (χ2n) is 4.30. The van der Waals surface area contributed by atoms with Gasteiger partial charge in [0, 0.05) is 11.8 Å². The Labute approximate surface area is 133 Å². The Balaban J connectivity index is 2.39. The van der Waals surface area contributed by atoms with Gasteiger partial charge in [-0.1, -0.05) is 29.8 Å². The van der Waals surface area contributed by atoms with Crippen LogP contribution in [0.15, 0.2) is 42.5 Å². The van der Waals surface area contributed by atoms with Gasteiger partial charge in [-0.2, -0.15) is 5.26 Å². The molecule has 0 aliphatic carbocycles. The van der Waals surface area contributed by atoms with Crippen molar-refractivity contribution in [1.29, 1.82) is 5.26 Å². The molecule has 0 radical (unpaired) electrons. The van der Waals surface area contributed by atoms with E-state index in [1.807, 2.05) is 19.1 Å². The predicted octanol–water partition coefficient (Wildman–Crippen LogP) is 3.30. The van der Waals surface area contributed by atoms with Gasteiger partial charge in [0.2, 0.25) is 5.88 Å². The summed E-state index contributed by atoms with van der Waals surface area (Å²) < 4.78 is 5.29. The molecule has 112 valence electrons. The van der Waals surface area contributed by atoms with Crippen molar-refractivity contribution in [1.82, 2.24) is 4.98 Å². The zero-order chi connectivity index (χ0) is 15.9. The summed E-state index contributed by atoms with van der Waals surface area (Å²) in [7, 11) is 0. The van der Waals surface area contributed by atoms with Crippen LogP contribution in [0.3, 0.4) is 0 Å². The number of carbonyl (C=O) groups excluding carboxylic acids is 1. The first-order valence-electron chi connectivity index (χ1n) is 6.70. The molecule has 2 aromatic rings. The van der Waals surface area contributed by atoms with Crippen LogP contribution in [-0.2, 0) is 0 Å². The van der Waals surface area contributed by atoms with Crippen LogP contribution in [0.1, 0.15) is 17.4 Å². The van der Waals surface area contributed by atoms with Gasteiger partial charge in [-0.05, 0) is 25.1 Å². The average molecular weight is 316 g/mol. The lowest BCUT2D eigenvalue weighted by Gasteiger charge is -2.20. The van der Waals surface area contributed by atoms with Crippen molar-refractivity contribution in [2.75, 3.05) is 18.1 Å². The highest BCUT2D eigenvalue weighted by molar-refractivity contribution is 6.34. The van der Waals surface area contributed by atoms with E-state index in [0.29, 0.717) is 18.2 Å².